The zero-order valence-corrected chi connectivity index (χ0v) is 14.2. The number of benzene rings is 1. The Morgan fingerprint density at radius 3 is 2.50 bits per heavy atom. The van der Waals surface area contributed by atoms with Gasteiger partial charge in [0.05, 0.1) is 5.92 Å². The number of halogens is 1. The molecule has 0 unspecified atom stereocenters. The van der Waals surface area contributed by atoms with Crippen molar-refractivity contribution < 1.29 is 9.18 Å². The molecule has 3 aliphatic rings. The van der Waals surface area contributed by atoms with Crippen LogP contribution in [0.25, 0.3) is 0 Å². The summed E-state index contributed by atoms with van der Waals surface area (Å²) in [4.78, 5) is 15.2. The van der Waals surface area contributed by atoms with Gasteiger partial charge in [-0.15, -0.1) is 0 Å². The van der Waals surface area contributed by atoms with Gasteiger partial charge in [-0.05, 0) is 49.8 Å². The average Bonchev–Trinajstić information content (AvgIpc) is 2.90. The molecule has 24 heavy (non-hydrogen) atoms. The van der Waals surface area contributed by atoms with E-state index in [1.165, 1.54) is 37.7 Å². The molecule has 0 radical (unpaired) electrons. The fourth-order valence-electron chi connectivity index (χ4n) is 5.14. The highest BCUT2D eigenvalue weighted by Gasteiger charge is 2.48. The van der Waals surface area contributed by atoms with E-state index in [0.29, 0.717) is 12.1 Å². The molecule has 2 aliphatic heterocycles. The van der Waals surface area contributed by atoms with Gasteiger partial charge in [-0.25, -0.2) is 4.39 Å². The van der Waals surface area contributed by atoms with Crippen molar-refractivity contribution in [3.05, 3.63) is 35.6 Å². The monoisotopic (exact) mass is 330 g/mol. The van der Waals surface area contributed by atoms with Crippen molar-refractivity contribution in [2.24, 2.45) is 5.92 Å². The first-order chi connectivity index (χ1) is 11.7. The van der Waals surface area contributed by atoms with E-state index in [1.807, 2.05) is 12.1 Å². The lowest BCUT2D eigenvalue weighted by Gasteiger charge is -2.40. The van der Waals surface area contributed by atoms with Gasteiger partial charge >= 0.3 is 0 Å². The molecule has 1 aliphatic carbocycles. The number of hydrogen-bond donors (Lipinski definition) is 1. The van der Waals surface area contributed by atoms with Gasteiger partial charge in [-0.3, -0.25) is 9.69 Å². The fourth-order valence-corrected chi connectivity index (χ4v) is 5.14. The maximum atomic E-state index is 13.4. The Morgan fingerprint density at radius 1 is 1.00 bits per heavy atom. The Labute approximate surface area is 143 Å². The van der Waals surface area contributed by atoms with Crippen molar-refractivity contribution in [3.63, 3.8) is 0 Å². The molecule has 0 spiro atoms. The van der Waals surface area contributed by atoms with Gasteiger partial charge in [0.2, 0.25) is 5.91 Å². The number of carbonyl (C=O) groups is 1. The summed E-state index contributed by atoms with van der Waals surface area (Å²) in [5.74, 6) is 0.125. The lowest BCUT2D eigenvalue weighted by atomic mass is 9.91. The van der Waals surface area contributed by atoms with Crippen LogP contribution in [0.3, 0.4) is 0 Å². The number of hydrogen-bond acceptors (Lipinski definition) is 2. The normalized spacial score (nSPS) is 32.2. The second-order valence-corrected chi connectivity index (χ2v) is 7.65. The SMILES string of the molecule is O=C1NCCC[C@H]2[C@H]1C[C@@H](c1ccc(F)cc1)N2C1CCCCC1. The number of nitrogens with zero attached hydrogens (tertiary/aromatic N) is 1. The fraction of sp³-hybridized carbons (Fsp3) is 0.650. The van der Waals surface area contributed by atoms with Gasteiger partial charge in [0.25, 0.3) is 0 Å². The first kappa shape index (κ1) is 16.1. The molecule has 1 saturated carbocycles. The van der Waals surface area contributed by atoms with Gasteiger partial charge in [-0.2, -0.15) is 0 Å². The molecule has 130 valence electrons. The highest BCUT2D eigenvalue weighted by molar-refractivity contribution is 5.80. The average molecular weight is 330 g/mol. The molecule has 0 bridgehead atoms. The van der Waals surface area contributed by atoms with E-state index in [-0.39, 0.29) is 23.7 Å². The molecule has 1 aromatic rings. The van der Waals surface area contributed by atoms with Crippen molar-refractivity contribution in [1.29, 1.82) is 0 Å². The molecular formula is C20H27FN2O. The van der Waals surface area contributed by atoms with Gasteiger partial charge in [0, 0.05) is 24.7 Å². The second-order valence-electron chi connectivity index (χ2n) is 7.65. The summed E-state index contributed by atoms with van der Waals surface area (Å²) in [6.45, 7) is 0.811. The number of likely N-dealkylation sites (tertiary alicyclic amines) is 1. The molecule has 1 aromatic carbocycles. The highest BCUT2D eigenvalue weighted by atomic mass is 19.1. The molecule has 1 N–H and O–H groups in total. The molecule has 0 aromatic heterocycles. The third-order valence-electron chi connectivity index (χ3n) is 6.25. The number of rotatable bonds is 2. The Balaban J connectivity index is 1.67. The Hall–Kier alpha value is -1.42. The topological polar surface area (TPSA) is 32.3 Å². The molecule has 3 fully saturated rings. The van der Waals surface area contributed by atoms with Crippen LogP contribution >= 0.6 is 0 Å². The molecule has 2 saturated heterocycles. The van der Waals surface area contributed by atoms with Crippen LogP contribution in [0.4, 0.5) is 4.39 Å². The zero-order chi connectivity index (χ0) is 16.5. The number of fused-ring (bicyclic) bond motifs is 1. The Morgan fingerprint density at radius 2 is 1.75 bits per heavy atom. The number of nitrogens with one attached hydrogen (secondary N) is 1. The zero-order valence-electron chi connectivity index (χ0n) is 14.2. The summed E-state index contributed by atoms with van der Waals surface area (Å²) in [6.07, 6.45) is 9.43. The molecular weight excluding hydrogens is 303 g/mol. The van der Waals surface area contributed by atoms with E-state index in [4.69, 9.17) is 0 Å². The van der Waals surface area contributed by atoms with Crippen LogP contribution in [0.15, 0.2) is 24.3 Å². The summed E-state index contributed by atoms with van der Waals surface area (Å²) in [5.41, 5.74) is 1.17. The molecule has 4 rings (SSSR count). The molecule has 3 atom stereocenters. The van der Waals surface area contributed by atoms with Crippen molar-refractivity contribution in [2.45, 2.75) is 69.5 Å². The third-order valence-corrected chi connectivity index (χ3v) is 6.25. The van der Waals surface area contributed by atoms with E-state index in [9.17, 15) is 9.18 Å². The van der Waals surface area contributed by atoms with E-state index >= 15 is 0 Å². The standard InChI is InChI=1S/C20H27FN2O/c21-15-10-8-14(9-11-15)19-13-17-18(7-4-12-22-20(17)24)23(19)16-5-2-1-3-6-16/h8-11,16-19H,1-7,12-13H2,(H,22,24)/t17-,18+,19+/m1/s1. The predicted molar refractivity (Wildman–Crippen MR) is 92.0 cm³/mol. The predicted octanol–water partition coefficient (Wildman–Crippen LogP) is 3.80. The summed E-state index contributed by atoms with van der Waals surface area (Å²) in [5, 5.41) is 3.09. The minimum absolute atomic E-state index is 0.0875. The molecule has 3 nitrogen and oxygen atoms in total. The largest absolute Gasteiger partial charge is 0.356 e. The van der Waals surface area contributed by atoms with Gasteiger partial charge in [0.1, 0.15) is 5.82 Å². The molecule has 4 heteroatoms. The van der Waals surface area contributed by atoms with E-state index in [0.717, 1.165) is 25.8 Å². The van der Waals surface area contributed by atoms with Crippen LogP contribution in [-0.2, 0) is 4.79 Å². The van der Waals surface area contributed by atoms with Crippen LogP contribution in [0.1, 0.15) is 63.0 Å². The quantitative estimate of drug-likeness (QED) is 0.894. The summed E-state index contributed by atoms with van der Waals surface area (Å²) >= 11 is 0. The summed E-state index contributed by atoms with van der Waals surface area (Å²) in [6, 6.07) is 8.14. The van der Waals surface area contributed by atoms with Crippen LogP contribution in [0, 0.1) is 11.7 Å². The molecule has 2 heterocycles. The Bertz CT molecular complexity index is 582. The lowest BCUT2D eigenvalue weighted by molar-refractivity contribution is -0.125. The molecule has 1 amide bonds. The van der Waals surface area contributed by atoms with Gasteiger partial charge in [0.15, 0.2) is 0 Å². The van der Waals surface area contributed by atoms with Crippen molar-refractivity contribution in [1.82, 2.24) is 10.2 Å². The van der Waals surface area contributed by atoms with Gasteiger partial charge in [-0.1, -0.05) is 31.4 Å². The van der Waals surface area contributed by atoms with E-state index in [2.05, 4.69) is 10.2 Å². The van der Waals surface area contributed by atoms with Gasteiger partial charge < -0.3 is 5.32 Å². The van der Waals surface area contributed by atoms with Crippen LogP contribution in [0.2, 0.25) is 0 Å². The van der Waals surface area contributed by atoms with E-state index in [1.54, 1.807) is 12.1 Å². The maximum Gasteiger partial charge on any atom is 0.224 e. The number of carbonyl (C=O) groups excluding carboxylic acids is 1. The summed E-state index contributed by atoms with van der Waals surface area (Å²) in [7, 11) is 0. The Kier molecular flexibility index (Phi) is 4.57. The van der Waals surface area contributed by atoms with Crippen LogP contribution < -0.4 is 5.32 Å². The third kappa shape index (κ3) is 2.97. The smallest absolute Gasteiger partial charge is 0.224 e. The van der Waals surface area contributed by atoms with Crippen LogP contribution in [0.5, 0.6) is 0 Å². The van der Waals surface area contributed by atoms with Crippen molar-refractivity contribution in [2.75, 3.05) is 6.54 Å². The maximum absolute atomic E-state index is 13.4. The van der Waals surface area contributed by atoms with E-state index < -0.39 is 0 Å². The second kappa shape index (κ2) is 6.83. The first-order valence-corrected chi connectivity index (χ1v) is 9.54. The highest BCUT2D eigenvalue weighted by Crippen LogP contribution is 2.46. The minimum atomic E-state index is -0.187. The van der Waals surface area contributed by atoms with Crippen molar-refractivity contribution >= 4 is 5.91 Å². The van der Waals surface area contributed by atoms with Crippen LogP contribution in [-0.4, -0.2) is 29.4 Å². The van der Waals surface area contributed by atoms with Crippen molar-refractivity contribution in [3.8, 4) is 0 Å². The number of amides is 1. The summed E-state index contributed by atoms with van der Waals surface area (Å²) < 4.78 is 13.4. The first-order valence-electron chi connectivity index (χ1n) is 9.54. The minimum Gasteiger partial charge on any atom is -0.356 e. The lowest BCUT2D eigenvalue weighted by Crippen LogP contribution is -2.44.